The van der Waals surface area contributed by atoms with E-state index in [0.717, 1.165) is 17.6 Å². The van der Waals surface area contributed by atoms with Gasteiger partial charge in [-0.1, -0.05) is 15.9 Å². The Bertz CT molecular complexity index is 438. The van der Waals surface area contributed by atoms with Crippen LogP contribution in [0, 0.1) is 5.41 Å². The second-order valence-electron chi connectivity index (χ2n) is 5.51. The van der Waals surface area contributed by atoms with Crippen molar-refractivity contribution in [1.29, 1.82) is 0 Å². The molecular formula is C15H20BrNO2. The van der Waals surface area contributed by atoms with Crippen LogP contribution in [0.15, 0.2) is 24.3 Å². The van der Waals surface area contributed by atoms with E-state index in [0.29, 0.717) is 11.0 Å². The molecule has 1 saturated carbocycles. The monoisotopic (exact) mass is 325 g/mol. The second-order valence-corrected chi connectivity index (χ2v) is 6.07. The summed E-state index contributed by atoms with van der Waals surface area (Å²) < 4.78 is 5.55. The lowest BCUT2D eigenvalue weighted by atomic mass is 10.1. The van der Waals surface area contributed by atoms with Crippen LogP contribution in [0.25, 0.3) is 0 Å². The standard InChI is InChI=1S/C15H20BrNO2/c1-11(2)19-13-5-3-12(4-6-13)14(18)17-10-15(9-16)7-8-15/h3-6,11H,7-10H2,1-2H3,(H,17,18). The molecule has 0 aromatic heterocycles. The number of hydrogen-bond acceptors (Lipinski definition) is 2. The number of carbonyl (C=O) groups is 1. The number of hydrogen-bond donors (Lipinski definition) is 1. The number of nitrogens with one attached hydrogen (secondary N) is 1. The van der Waals surface area contributed by atoms with Crippen molar-refractivity contribution >= 4 is 21.8 Å². The molecule has 0 heterocycles. The third-order valence-corrected chi connectivity index (χ3v) is 4.54. The number of benzene rings is 1. The lowest BCUT2D eigenvalue weighted by molar-refractivity contribution is 0.0946. The molecule has 1 aliphatic carbocycles. The lowest BCUT2D eigenvalue weighted by Crippen LogP contribution is -2.30. The zero-order chi connectivity index (χ0) is 13.9. The van der Waals surface area contributed by atoms with E-state index < -0.39 is 0 Å². The van der Waals surface area contributed by atoms with E-state index in [1.54, 1.807) is 12.1 Å². The normalized spacial score (nSPS) is 16.2. The van der Waals surface area contributed by atoms with E-state index in [-0.39, 0.29) is 12.0 Å². The Morgan fingerprint density at radius 1 is 1.37 bits per heavy atom. The van der Waals surface area contributed by atoms with Gasteiger partial charge in [0.2, 0.25) is 0 Å². The Balaban J connectivity index is 1.88. The number of ether oxygens (including phenoxy) is 1. The Labute approximate surface area is 122 Å². The van der Waals surface area contributed by atoms with Crippen molar-refractivity contribution in [1.82, 2.24) is 5.32 Å². The smallest absolute Gasteiger partial charge is 0.251 e. The molecule has 19 heavy (non-hydrogen) atoms. The molecule has 1 amide bonds. The van der Waals surface area contributed by atoms with Crippen LogP contribution in [-0.4, -0.2) is 23.9 Å². The van der Waals surface area contributed by atoms with Crippen LogP contribution in [-0.2, 0) is 0 Å². The summed E-state index contributed by atoms with van der Waals surface area (Å²) in [6.07, 6.45) is 2.53. The summed E-state index contributed by atoms with van der Waals surface area (Å²) in [6, 6.07) is 7.29. The predicted molar refractivity (Wildman–Crippen MR) is 80.0 cm³/mol. The van der Waals surface area contributed by atoms with Gasteiger partial charge in [-0.2, -0.15) is 0 Å². The van der Waals surface area contributed by atoms with E-state index in [1.165, 1.54) is 12.8 Å². The molecule has 104 valence electrons. The number of rotatable bonds is 6. The minimum atomic E-state index is -0.0108. The lowest BCUT2D eigenvalue weighted by Gasteiger charge is -2.13. The van der Waals surface area contributed by atoms with E-state index >= 15 is 0 Å². The van der Waals surface area contributed by atoms with Crippen LogP contribution in [0.3, 0.4) is 0 Å². The summed E-state index contributed by atoms with van der Waals surface area (Å²) >= 11 is 3.50. The van der Waals surface area contributed by atoms with Crippen LogP contribution in [0.2, 0.25) is 0 Å². The van der Waals surface area contributed by atoms with Crippen molar-refractivity contribution in [2.24, 2.45) is 5.41 Å². The molecule has 4 heteroatoms. The fourth-order valence-electron chi connectivity index (χ4n) is 1.86. The van der Waals surface area contributed by atoms with Crippen molar-refractivity contribution in [2.75, 3.05) is 11.9 Å². The second kappa shape index (κ2) is 5.95. The highest BCUT2D eigenvalue weighted by atomic mass is 79.9. The summed E-state index contributed by atoms with van der Waals surface area (Å²) in [5, 5.41) is 3.96. The third-order valence-electron chi connectivity index (χ3n) is 3.35. The van der Waals surface area contributed by atoms with E-state index in [2.05, 4.69) is 21.2 Å². The number of amides is 1. The van der Waals surface area contributed by atoms with Crippen molar-refractivity contribution in [3.8, 4) is 5.75 Å². The maximum absolute atomic E-state index is 12.0. The predicted octanol–water partition coefficient (Wildman–Crippen LogP) is 3.38. The SMILES string of the molecule is CC(C)Oc1ccc(C(=O)NCC2(CBr)CC2)cc1. The number of halogens is 1. The van der Waals surface area contributed by atoms with Gasteiger partial charge in [-0.15, -0.1) is 0 Å². The molecule has 2 rings (SSSR count). The van der Waals surface area contributed by atoms with Crippen LogP contribution >= 0.6 is 15.9 Å². The topological polar surface area (TPSA) is 38.3 Å². The first-order valence-electron chi connectivity index (χ1n) is 6.66. The zero-order valence-electron chi connectivity index (χ0n) is 11.4. The molecule has 1 fully saturated rings. The Morgan fingerprint density at radius 2 is 2.00 bits per heavy atom. The minimum Gasteiger partial charge on any atom is -0.491 e. The van der Waals surface area contributed by atoms with Crippen molar-refractivity contribution < 1.29 is 9.53 Å². The molecule has 0 bridgehead atoms. The molecule has 0 radical (unpaired) electrons. The van der Waals surface area contributed by atoms with Crippen LogP contribution < -0.4 is 10.1 Å². The first kappa shape index (κ1) is 14.4. The van der Waals surface area contributed by atoms with Gasteiger partial charge in [0.1, 0.15) is 5.75 Å². The fraction of sp³-hybridized carbons (Fsp3) is 0.533. The van der Waals surface area contributed by atoms with Gasteiger partial charge >= 0.3 is 0 Å². The molecule has 0 spiro atoms. The van der Waals surface area contributed by atoms with Crippen LogP contribution in [0.5, 0.6) is 5.75 Å². The number of alkyl halides is 1. The molecule has 0 aliphatic heterocycles. The zero-order valence-corrected chi connectivity index (χ0v) is 13.0. The van der Waals surface area contributed by atoms with Gasteiger partial charge in [-0.25, -0.2) is 0 Å². The first-order valence-corrected chi connectivity index (χ1v) is 7.78. The molecule has 0 saturated heterocycles. The largest absolute Gasteiger partial charge is 0.491 e. The maximum Gasteiger partial charge on any atom is 0.251 e. The maximum atomic E-state index is 12.0. The Hall–Kier alpha value is -1.03. The molecule has 3 nitrogen and oxygen atoms in total. The average molecular weight is 326 g/mol. The molecule has 1 aromatic rings. The average Bonchev–Trinajstić information content (AvgIpc) is 3.17. The summed E-state index contributed by atoms with van der Waals surface area (Å²) in [4.78, 5) is 12.0. The first-order chi connectivity index (χ1) is 9.04. The Morgan fingerprint density at radius 3 is 2.47 bits per heavy atom. The highest BCUT2D eigenvalue weighted by molar-refractivity contribution is 9.09. The van der Waals surface area contributed by atoms with Gasteiger partial charge in [0.15, 0.2) is 0 Å². The van der Waals surface area contributed by atoms with Crippen molar-refractivity contribution in [3.05, 3.63) is 29.8 Å². The minimum absolute atomic E-state index is 0.0108. The molecular weight excluding hydrogens is 306 g/mol. The van der Waals surface area contributed by atoms with E-state index in [1.807, 2.05) is 26.0 Å². The van der Waals surface area contributed by atoms with Crippen molar-refractivity contribution in [3.63, 3.8) is 0 Å². The van der Waals surface area contributed by atoms with Gasteiger partial charge in [-0.3, -0.25) is 4.79 Å². The molecule has 1 N–H and O–H groups in total. The molecule has 1 aromatic carbocycles. The molecule has 0 unspecified atom stereocenters. The summed E-state index contributed by atoms with van der Waals surface area (Å²) in [7, 11) is 0. The van der Waals surface area contributed by atoms with Crippen LogP contribution in [0.1, 0.15) is 37.0 Å². The fourth-order valence-corrected chi connectivity index (χ4v) is 2.62. The summed E-state index contributed by atoms with van der Waals surface area (Å²) in [5.41, 5.74) is 0.984. The van der Waals surface area contributed by atoms with Gasteiger partial charge in [0.05, 0.1) is 6.10 Å². The molecule has 0 atom stereocenters. The Kier molecular flexibility index (Phi) is 4.50. The van der Waals surface area contributed by atoms with Crippen LogP contribution in [0.4, 0.5) is 0 Å². The quantitative estimate of drug-likeness (QED) is 0.814. The summed E-state index contributed by atoms with van der Waals surface area (Å²) in [6.45, 7) is 4.72. The van der Waals surface area contributed by atoms with E-state index in [9.17, 15) is 4.79 Å². The van der Waals surface area contributed by atoms with Gasteiger partial charge < -0.3 is 10.1 Å². The molecule has 1 aliphatic rings. The van der Waals surface area contributed by atoms with E-state index in [4.69, 9.17) is 4.74 Å². The summed E-state index contributed by atoms with van der Waals surface area (Å²) in [5.74, 6) is 0.786. The third kappa shape index (κ3) is 3.96. The van der Waals surface area contributed by atoms with Crippen molar-refractivity contribution in [2.45, 2.75) is 32.8 Å². The van der Waals surface area contributed by atoms with Gasteiger partial charge in [-0.05, 0) is 56.4 Å². The van der Waals surface area contributed by atoms with Gasteiger partial charge in [0, 0.05) is 17.4 Å². The van der Waals surface area contributed by atoms with Gasteiger partial charge in [0.25, 0.3) is 5.91 Å². The highest BCUT2D eigenvalue weighted by Crippen LogP contribution is 2.46. The highest BCUT2D eigenvalue weighted by Gasteiger charge is 2.41. The number of carbonyl (C=O) groups excluding carboxylic acids is 1.